The minimum Gasteiger partial charge on any atom is -0.334 e. The number of aromatic nitrogens is 3. The van der Waals surface area contributed by atoms with Crippen molar-refractivity contribution in [3.8, 4) is 22.8 Å². The van der Waals surface area contributed by atoms with Crippen molar-refractivity contribution >= 4 is 0 Å². The first-order valence-corrected chi connectivity index (χ1v) is 6.06. The van der Waals surface area contributed by atoms with Crippen molar-refractivity contribution in [3.05, 3.63) is 53.9 Å². The number of hydrogen-bond acceptors (Lipinski definition) is 4. The Morgan fingerprint density at radius 3 is 2.47 bits per heavy atom. The lowest BCUT2D eigenvalue weighted by molar-refractivity contribution is 0.432. The molecule has 0 amide bonds. The summed E-state index contributed by atoms with van der Waals surface area (Å²) in [5.74, 6) is 1.12. The van der Waals surface area contributed by atoms with Crippen LogP contribution in [0.3, 0.4) is 0 Å². The van der Waals surface area contributed by atoms with Crippen molar-refractivity contribution in [2.24, 2.45) is 0 Å². The van der Waals surface area contributed by atoms with Gasteiger partial charge in [0.15, 0.2) is 0 Å². The lowest BCUT2D eigenvalue weighted by Gasteiger charge is -1.95. The third kappa shape index (κ3) is 2.38. The molecular formula is C15H13N3O. The van der Waals surface area contributed by atoms with Gasteiger partial charge in [-0.3, -0.25) is 4.98 Å². The molecule has 4 nitrogen and oxygen atoms in total. The SMILES string of the molecule is Cc1ccc(-c2noc(-c3ccnc(C)c3)n2)cc1. The van der Waals surface area contributed by atoms with Crippen LogP contribution in [0.2, 0.25) is 0 Å². The summed E-state index contributed by atoms with van der Waals surface area (Å²) in [6, 6.07) is 11.8. The van der Waals surface area contributed by atoms with Crippen LogP contribution in [-0.2, 0) is 0 Å². The highest BCUT2D eigenvalue weighted by Crippen LogP contribution is 2.22. The molecule has 2 aromatic heterocycles. The van der Waals surface area contributed by atoms with Crippen LogP contribution in [0, 0.1) is 13.8 Å². The van der Waals surface area contributed by atoms with Gasteiger partial charge in [0.25, 0.3) is 5.89 Å². The highest BCUT2D eigenvalue weighted by Gasteiger charge is 2.10. The second kappa shape index (κ2) is 4.65. The maximum absolute atomic E-state index is 5.30. The Labute approximate surface area is 111 Å². The van der Waals surface area contributed by atoms with E-state index < -0.39 is 0 Å². The predicted octanol–water partition coefficient (Wildman–Crippen LogP) is 3.42. The van der Waals surface area contributed by atoms with E-state index in [9.17, 15) is 0 Å². The molecule has 4 heteroatoms. The monoisotopic (exact) mass is 251 g/mol. The highest BCUT2D eigenvalue weighted by molar-refractivity contribution is 5.59. The van der Waals surface area contributed by atoms with E-state index in [0.717, 1.165) is 16.8 Å². The van der Waals surface area contributed by atoms with Crippen molar-refractivity contribution in [3.63, 3.8) is 0 Å². The van der Waals surface area contributed by atoms with E-state index in [4.69, 9.17) is 4.52 Å². The van der Waals surface area contributed by atoms with E-state index in [1.54, 1.807) is 6.20 Å². The van der Waals surface area contributed by atoms with E-state index in [-0.39, 0.29) is 0 Å². The lowest BCUT2D eigenvalue weighted by atomic mass is 10.1. The average Bonchev–Trinajstić information content (AvgIpc) is 2.89. The maximum Gasteiger partial charge on any atom is 0.258 e. The van der Waals surface area contributed by atoms with Gasteiger partial charge in [-0.2, -0.15) is 4.98 Å². The summed E-state index contributed by atoms with van der Waals surface area (Å²) in [7, 11) is 0. The summed E-state index contributed by atoms with van der Waals surface area (Å²) in [6.07, 6.45) is 1.74. The molecule has 0 aliphatic heterocycles. The molecule has 0 saturated heterocycles. The molecule has 0 atom stereocenters. The minimum absolute atomic E-state index is 0.515. The largest absolute Gasteiger partial charge is 0.334 e. The predicted molar refractivity (Wildman–Crippen MR) is 72.4 cm³/mol. The van der Waals surface area contributed by atoms with Crippen LogP contribution in [-0.4, -0.2) is 15.1 Å². The molecule has 0 bridgehead atoms. The van der Waals surface area contributed by atoms with Gasteiger partial charge in [-0.05, 0) is 26.0 Å². The van der Waals surface area contributed by atoms with Gasteiger partial charge in [-0.15, -0.1) is 0 Å². The van der Waals surface area contributed by atoms with Crippen LogP contribution in [0.25, 0.3) is 22.8 Å². The van der Waals surface area contributed by atoms with Crippen molar-refractivity contribution < 1.29 is 4.52 Å². The Hall–Kier alpha value is -2.49. The Bertz CT molecular complexity index is 701. The quantitative estimate of drug-likeness (QED) is 0.700. The molecule has 0 saturated carbocycles. The highest BCUT2D eigenvalue weighted by atomic mass is 16.5. The fraction of sp³-hybridized carbons (Fsp3) is 0.133. The summed E-state index contributed by atoms with van der Waals surface area (Å²) in [5.41, 5.74) is 3.97. The molecule has 0 fully saturated rings. The van der Waals surface area contributed by atoms with E-state index in [0.29, 0.717) is 11.7 Å². The molecule has 3 aromatic rings. The molecule has 0 aliphatic carbocycles. The van der Waals surface area contributed by atoms with Gasteiger partial charge in [0.05, 0.1) is 0 Å². The molecular weight excluding hydrogens is 238 g/mol. The first kappa shape index (κ1) is 11.6. The summed E-state index contributed by atoms with van der Waals surface area (Å²) in [6.45, 7) is 3.98. The summed E-state index contributed by atoms with van der Waals surface area (Å²) in [4.78, 5) is 8.57. The molecule has 0 N–H and O–H groups in total. The number of hydrogen-bond donors (Lipinski definition) is 0. The molecule has 2 heterocycles. The second-order valence-corrected chi connectivity index (χ2v) is 4.48. The van der Waals surface area contributed by atoms with Crippen LogP contribution in [0.5, 0.6) is 0 Å². The van der Waals surface area contributed by atoms with E-state index in [1.165, 1.54) is 5.56 Å². The fourth-order valence-corrected chi connectivity index (χ4v) is 1.84. The van der Waals surface area contributed by atoms with Gasteiger partial charge in [-0.25, -0.2) is 0 Å². The fourth-order valence-electron chi connectivity index (χ4n) is 1.84. The number of benzene rings is 1. The topological polar surface area (TPSA) is 51.8 Å². The molecule has 3 rings (SSSR count). The zero-order valence-corrected chi connectivity index (χ0v) is 10.8. The van der Waals surface area contributed by atoms with Crippen molar-refractivity contribution in [2.45, 2.75) is 13.8 Å². The molecule has 19 heavy (non-hydrogen) atoms. The standard InChI is InChI=1S/C15H13N3O/c1-10-3-5-12(6-4-10)14-17-15(19-18-14)13-7-8-16-11(2)9-13/h3-9H,1-2H3. The Morgan fingerprint density at radius 2 is 1.74 bits per heavy atom. The van der Waals surface area contributed by atoms with Crippen molar-refractivity contribution in [1.29, 1.82) is 0 Å². The number of nitrogens with zero attached hydrogens (tertiary/aromatic N) is 3. The Kier molecular flexibility index (Phi) is 2.83. The zero-order chi connectivity index (χ0) is 13.2. The van der Waals surface area contributed by atoms with Crippen molar-refractivity contribution in [1.82, 2.24) is 15.1 Å². The third-order valence-corrected chi connectivity index (χ3v) is 2.88. The van der Waals surface area contributed by atoms with E-state index >= 15 is 0 Å². The van der Waals surface area contributed by atoms with Crippen LogP contribution < -0.4 is 0 Å². The zero-order valence-electron chi connectivity index (χ0n) is 10.8. The van der Waals surface area contributed by atoms with Crippen molar-refractivity contribution in [2.75, 3.05) is 0 Å². The van der Waals surface area contributed by atoms with Gasteiger partial charge >= 0.3 is 0 Å². The van der Waals surface area contributed by atoms with Gasteiger partial charge < -0.3 is 4.52 Å². The molecule has 0 radical (unpaired) electrons. The normalized spacial score (nSPS) is 10.6. The van der Waals surface area contributed by atoms with Crippen LogP contribution in [0.4, 0.5) is 0 Å². The van der Waals surface area contributed by atoms with Gasteiger partial charge in [0.1, 0.15) is 0 Å². The van der Waals surface area contributed by atoms with Gasteiger partial charge in [0.2, 0.25) is 5.82 Å². The molecule has 0 aliphatic rings. The molecule has 0 unspecified atom stereocenters. The molecule has 1 aromatic carbocycles. The number of pyridine rings is 1. The second-order valence-electron chi connectivity index (χ2n) is 4.48. The molecule has 0 spiro atoms. The maximum atomic E-state index is 5.30. The van der Waals surface area contributed by atoms with Crippen LogP contribution in [0.1, 0.15) is 11.3 Å². The minimum atomic E-state index is 0.515. The number of aryl methyl sites for hydroxylation is 2. The average molecular weight is 251 g/mol. The smallest absolute Gasteiger partial charge is 0.258 e. The third-order valence-electron chi connectivity index (χ3n) is 2.88. The molecule has 94 valence electrons. The first-order valence-electron chi connectivity index (χ1n) is 6.06. The Balaban J connectivity index is 1.97. The summed E-state index contributed by atoms with van der Waals surface area (Å²) < 4.78 is 5.30. The lowest BCUT2D eigenvalue weighted by Crippen LogP contribution is -1.84. The van der Waals surface area contributed by atoms with Gasteiger partial charge in [0, 0.05) is 23.0 Å². The summed E-state index contributed by atoms with van der Waals surface area (Å²) in [5, 5.41) is 4.02. The Morgan fingerprint density at radius 1 is 0.947 bits per heavy atom. The number of rotatable bonds is 2. The summed E-state index contributed by atoms with van der Waals surface area (Å²) >= 11 is 0. The van der Waals surface area contributed by atoms with Gasteiger partial charge in [-0.1, -0.05) is 35.0 Å². The van der Waals surface area contributed by atoms with E-state index in [2.05, 4.69) is 15.1 Å². The van der Waals surface area contributed by atoms with Crippen LogP contribution in [0.15, 0.2) is 47.1 Å². The first-order chi connectivity index (χ1) is 9.22. The van der Waals surface area contributed by atoms with Crippen LogP contribution >= 0.6 is 0 Å². The van der Waals surface area contributed by atoms with E-state index in [1.807, 2.05) is 50.2 Å².